The highest BCUT2D eigenvalue weighted by Crippen LogP contribution is 2.17. The SMILES string of the molecule is CN(C)CCc1c(N)cccc1CN. The van der Waals surface area contributed by atoms with Crippen LogP contribution in [0.4, 0.5) is 5.69 Å². The first-order valence-corrected chi connectivity index (χ1v) is 4.86. The van der Waals surface area contributed by atoms with E-state index in [0.29, 0.717) is 6.54 Å². The number of benzene rings is 1. The third-order valence-electron chi connectivity index (χ3n) is 2.34. The van der Waals surface area contributed by atoms with Gasteiger partial charge in [0.1, 0.15) is 0 Å². The van der Waals surface area contributed by atoms with Crippen LogP contribution in [0.1, 0.15) is 11.1 Å². The Kier molecular flexibility index (Phi) is 3.92. The fourth-order valence-corrected chi connectivity index (χ4v) is 1.49. The second-order valence-electron chi connectivity index (χ2n) is 3.74. The van der Waals surface area contributed by atoms with Crippen molar-refractivity contribution in [3.63, 3.8) is 0 Å². The van der Waals surface area contributed by atoms with Crippen LogP contribution in [0.5, 0.6) is 0 Å². The molecule has 0 heterocycles. The summed E-state index contributed by atoms with van der Waals surface area (Å²) in [7, 11) is 4.11. The van der Waals surface area contributed by atoms with Crippen molar-refractivity contribution in [2.75, 3.05) is 26.4 Å². The van der Waals surface area contributed by atoms with Gasteiger partial charge in [-0.05, 0) is 37.7 Å². The molecule has 0 spiro atoms. The molecule has 0 atom stereocenters. The largest absolute Gasteiger partial charge is 0.398 e. The molecule has 0 bridgehead atoms. The maximum atomic E-state index is 5.91. The predicted octanol–water partition coefficient (Wildman–Crippen LogP) is 0.832. The van der Waals surface area contributed by atoms with Crippen molar-refractivity contribution in [3.05, 3.63) is 29.3 Å². The molecule has 0 saturated heterocycles. The molecule has 78 valence electrons. The molecule has 3 heteroatoms. The van der Waals surface area contributed by atoms with Crippen LogP contribution in [0.2, 0.25) is 0 Å². The summed E-state index contributed by atoms with van der Waals surface area (Å²) < 4.78 is 0. The van der Waals surface area contributed by atoms with Crippen LogP contribution in [0.3, 0.4) is 0 Å². The number of nitrogens with two attached hydrogens (primary N) is 2. The topological polar surface area (TPSA) is 55.3 Å². The first-order chi connectivity index (χ1) is 6.65. The summed E-state index contributed by atoms with van der Waals surface area (Å²) >= 11 is 0. The Morgan fingerprint density at radius 3 is 2.57 bits per heavy atom. The standard InChI is InChI=1S/C11H19N3/c1-14(2)7-6-10-9(8-12)4-3-5-11(10)13/h3-5H,6-8,12-13H2,1-2H3. The molecule has 1 aromatic carbocycles. The van der Waals surface area contributed by atoms with Crippen LogP contribution < -0.4 is 11.5 Å². The summed E-state index contributed by atoms with van der Waals surface area (Å²) in [6.07, 6.45) is 0.964. The van der Waals surface area contributed by atoms with Gasteiger partial charge in [-0.25, -0.2) is 0 Å². The first-order valence-electron chi connectivity index (χ1n) is 4.86. The lowest BCUT2D eigenvalue weighted by molar-refractivity contribution is 0.413. The van der Waals surface area contributed by atoms with Crippen LogP contribution in [-0.4, -0.2) is 25.5 Å². The van der Waals surface area contributed by atoms with Crippen LogP contribution in [-0.2, 0) is 13.0 Å². The molecule has 0 amide bonds. The maximum Gasteiger partial charge on any atom is 0.0350 e. The van der Waals surface area contributed by atoms with E-state index >= 15 is 0 Å². The minimum atomic E-state index is 0.563. The summed E-state index contributed by atoms with van der Waals surface area (Å²) in [5, 5.41) is 0. The highest BCUT2D eigenvalue weighted by Gasteiger charge is 2.04. The first kappa shape index (κ1) is 11.0. The second-order valence-corrected chi connectivity index (χ2v) is 3.74. The van der Waals surface area contributed by atoms with Gasteiger partial charge in [0, 0.05) is 18.8 Å². The van der Waals surface area contributed by atoms with Crippen LogP contribution in [0.25, 0.3) is 0 Å². The summed E-state index contributed by atoms with van der Waals surface area (Å²) in [6, 6.07) is 5.93. The summed E-state index contributed by atoms with van der Waals surface area (Å²) in [4.78, 5) is 2.15. The molecule has 4 N–H and O–H groups in total. The highest BCUT2D eigenvalue weighted by atomic mass is 15.0. The van der Waals surface area contributed by atoms with Gasteiger partial charge in [0.25, 0.3) is 0 Å². The fraction of sp³-hybridized carbons (Fsp3) is 0.455. The van der Waals surface area contributed by atoms with Gasteiger partial charge < -0.3 is 16.4 Å². The molecule has 0 radical (unpaired) electrons. The van der Waals surface area contributed by atoms with Crippen LogP contribution in [0, 0.1) is 0 Å². The molecule has 0 aliphatic rings. The van der Waals surface area contributed by atoms with Crippen molar-refractivity contribution >= 4 is 5.69 Å². The van der Waals surface area contributed by atoms with Crippen molar-refractivity contribution in [1.82, 2.24) is 4.90 Å². The van der Waals surface area contributed by atoms with Crippen LogP contribution in [0.15, 0.2) is 18.2 Å². The van der Waals surface area contributed by atoms with Gasteiger partial charge in [-0.2, -0.15) is 0 Å². The van der Waals surface area contributed by atoms with Crippen molar-refractivity contribution in [2.24, 2.45) is 5.73 Å². The minimum Gasteiger partial charge on any atom is -0.398 e. The van der Waals surface area contributed by atoms with E-state index in [1.54, 1.807) is 0 Å². The number of hydrogen-bond acceptors (Lipinski definition) is 3. The fourth-order valence-electron chi connectivity index (χ4n) is 1.49. The van der Waals surface area contributed by atoms with E-state index < -0.39 is 0 Å². The lowest BCUT2D eigenvalue weighted by Gasteiger charge is -2.14. The lowest BCUT2D eigenvalue weighted by Crippen LogP contribution is -2.17. The van der Waals surface area contributed by atoms with Gasteiger partial charge in [0.2, 0.25) is 0 Å². The van der Waals surface area contributed by atoms with E-state index in [1.807, 2.05) is 18.2 Å². The molecule has 3 nitrogen and oxygen atoms in total. The van der Waals surface area contributed by atoms with E-state index in [9.17, 15) is 0 Å². The number of nitrogen functional groups attached to an aromatic ring is 1. The average Bonchev–Trinajstić information content (AvgIpc) is 2.15. The zero-order valence-corrected chi connectivity index (χ0v) is 8.96. The monoisotopic (exact) mass is 193 g/mol. The highest BCUT2D eigenvalue weighted by molar-refractivity contribution is 5.51. The minimum absolute atomic E-state index is 0.563. The quantitative estimate of drug-likeness (QED) is 0.696. The number of rotatable bonds is 4. The Bertz CT molecular complexity index is 295. The Morgan fingerprint density at radius 1 is 1.29 bits per heavy atom. The second kappa shape index (κ2) is 4.98. The van der Waals surface area contributed by atoms with Gasteiger partial charge in [0.05, 0.1) is 0 Å². The van der Waals surface area contributed by atoms with Gasteiger partial charge >= 0.3 is 0 Å². The molecule has 14 heavy (non-hydrogen) atoms. The number of nitrogens with zero attached hydrogens (tertiary/aromatic N) is 1. The molecular weight excluding hydrogens is 174 g/mol. The Morgan fingerprint density at radius 2 is 2.00 bits per heavy atom. The zero-order valence-electron chi connectivity index (χ0n) is 8.96. The summed E-state index contributed by atoms with van der Waals surface area (Å²) in [5.74, 6) is 0. The molecule has 1 rings (SSSR count). The maximum absolute atomic E-state index is 5.91. The molecule has 0 saturated carbocycles. The normalized spacial score (nSPS) is 10.9. The molecular formula is C11H19N3. The molecule has 0 aromatic heterocycles. The van der Waals surface area contributed by atoms with Crippen LogP contribution >= 0.6 is 0 Å². The smallest absolute Gasteiger partial charge is 0.0350 e. The zero-order chi connectivity index (χ0) is 10.6. The Hall–Kier alpha value is -1.06. The molecule has 1 aromatic rings. The number of likely N-dealkylation sites (N-methyl/N-ethyl adjacent to an activating group) is 1. The van der Waals surface area contributed by atoms with Crippen molar-refractivity contribution < 1.29 is 0 Å². The van der Waals surface area contributed by atoms with Gasteiger partial charge in [-0.15, -0.1) is 0 Å². The molecule has 0 aliphatic carbocycles. The number of hydrogen-bond donors (Lipinski definition) is 2. The molecule has 0 fully saturated rings. The third-order valence-corrected chi connectivity index (χ3v) is 2.34. The van der Waals surface area contributed by atoms with Crippen molar-refractivity contribution in [3.8, 4) is 0 Å². The van der Waals surface area contributed by atoms with Crippen molar-refractivity contribution in [1.29, 1.82) is 0 Å². The number of anilines is 1. The van der Waals surface area contributed by atoms with E-state index in [2.05, 4.69) is 19.0 Å². The Labute approximate surface area is 85.7 Å². The molecule has 0 unspecified atom stereocenters. The summed E-state index contributed by atoms with van der Waals surface area (Å²) in [6.45, 7) is 1.56. The van der Waals surface area contributed by atoms with Gasteiger partial charge in [-0.3, -0.25) is 0 Å². The van der Waals surface area contributed by atoms with Gasteiger partial charge in [0.15, 0.2) is 0 Å². The predicted molar refractivity (Wildman–Crippen MR) is 61.0 cm³/mol. The third kappa shape index (κ3) is 2.72. The molecule has 0 aliphatic heterocycles. The van der Waals surface area contributed by atoms with Gasteiger partial charge in [-0.1, -0.05) is 12.1 Å². The van der Waals surface area contributed by atoms with Crippen molar-refractivity contribution in [2.45, 2.75) is 13.0 Å². The van der Waals surface area contributed by atoms with E-state index in [4.69, 9.17) is 11.5 Å². The van der Waals surface area contributed by atoms with E-state index in [1.165, 1.54) is 5.56 Å². The average molecular weight is 193 g/mol. The summed E-state index contributed by atoms with van der Waals surface area (Å²) in [5.41, 5.74) is 14.8. The Balaban J connectivity index is 2.82. The van der Waals surface area contributed by atoms with E-state index in [0.717, 1.165) is 24.2 Å². The van der Waals surface area contributed by atoms with E-state index in [-0.39, 0.29) is 0 Å². The lowest BCUT2D eigenvalue weighted by atomic mass is 10.0.